The van der Waals surface area contributed by atoms with Gasteiger partial charge in [-0.3, -0.25) is 14.5 Å². The van der Waals surface area contributed by atoms with E-state index in [1.54, 1.807) is 5.38 Å². The van der Waals surface area contributed by atoms with Gasteiger partial charge in [-0.25, -0.2) is 19.3 Å². The number of oxime groups is 1. The van der Waals surface area contributed by atoms with Gasteiger partial charge in [0.1, 0.15) is 36.5 Å². The number of carbonyl (C=O) groups is 3. The van der Waals surface area contributed by atoms with Crippen molar-refractivity contribution >= 4 is 70.9 Å². The van der Waals surface area contributed by atoms with Gasteiger partial charge in [0.25, 0.3) is 11.8 Å². The number of carbonyl (C=O) groups excluding carboxylic acids is 2. The van der Waals surface area contributed by atoms with E-state index in [1.165, 1.54) is 23.8 Å². The van der Waals surface area contributed by atoms with Gasteiger partial charge in [0.15, 0.2) is 29.8 Å². The van der Waals surface area contributed by atoms with Crippen LogP contribution in [0.2, 0.25) is 19.6 Å². The molecule has 2 amide bonds. The summed E-state index contributed by atoms with van der Waals surface area (Å²) in [6.07, 6.45) is 3.94. The third-order valence-corrected chi connectivity index (χ3v) is 11.1. The number of nitrogens with two attached hydrogens (primary N) is 1. The Labute approximate surface area is 257 Å². The molecule has 2 atom stereocenters. The lowest BCUT2D eigenvalue weighted by Gasteiger charge is -2.49. The molecule has 5 heterocycles. The second-order valence-electron chi connectivity index (χ2n) is 12.0. The summed E-state index contributed by atoms with van der Waals surface area (Å²) in [5.74, 6) is -1.39. The third-order valence-electron chi connectivity index (χ3n) is 7.09. The van der Waals surface area contributed by atoms with Crippen LogP contribution in [0.1, 0.15) is 25.1 Å². The molecule has 0 radical (unpaired) electrons. The number of pyridine rings is 1. The van der Waals surface area contributed by atoms with Crippen LogP contribution in [0, 0.1) is 0 Å². The van der Waals surface area contributed by atoms with Crippen LogP contribution >= 0.6 is 23.1 Å². The van der Waals surface area contributed by atoms with Gasteiger partial charge in [0.2, 0.25) is 5.90 Å². The van der Waals surface area contributed by atoms with Crippen LogP contribution in [-0.2, 0) is 30.5 Å². The lowest BCUT2D eigenvalue weighted by atomic mass is 10.0. The number of β-lactam (4-membered cyclic amide) rings is 1. The molecule has 5 rings (SSSR count). The van der Waals surface area contributed by atoms with Crippen LogP contribution < -0.4 is 20.8 Å². The number of thiazole rings is 1. The predicted molar refractivity (Wildman–Crippen MR) is 166 cm³/mol. The number of carboxylic acid groups (broad SMARTS) is 1. The Kier molecular flexibility index (Phi) is 8.13. The summed E-state index contributed by atoms with van der Waals surface area (Å²) in [5.41, 5.74) is 6.98. The van der Waals surface area contributed by atoms with Crippen molar-refractivity contribution in [1.29, 1.82) is 0 Å². The molecule has 1 saturated heterocycles. The number of hydrogen-bond donors (Lipinski definition) is 3. The molecule has 2 aromatic heterocycles. The molecule has 0 spiro atoms. The fourth-order valence-corrected chi connectivity index (χ4v) is 8.50. The van der Waals surface area contributed by atoms with Gasteiger partial charge in [-0.15, -0.1) is 23.1 Å². The highest BCUT2D eigenvalue weighted by Crippen LogP contribution is 2.40. The van der Waals surface area contributed by atoms with E-state index in [4.69, 9.17) is 20.3 Å². The van der Waals surface area contributed by atoms with Crippen LogP contribution in [0.25, 0.3) is 0 Å². The molecule has 0 saturated carbocycles. The maximum atomic E-state index is 13.3. The van der Waals surface area contributed by atoms with Gasteiger partial charge in [0, 0.05) is 33.5 Å². The first kappa shape index (κ1) is 30.7. The zero-order valence-corrected chi connectivity index (χ0v) is 27.3. The predicted octanol–water partition coefficient (Wildman–Crippen LogP) is 0.903. The Bertz CT molecular complexity index is 1600. The summed E-state index contributed by atoms with van der Waals surface area (Å²) in [5, 5.41) is 19.0. The second-order valence-corrected chi connectivity index (χ2v) is 19.1. The average molecular weight is 645 g/mol. The molecule has 0 unspecified atom stereocenters. The van der Waals surface area contributed by atoms with E-state index >= 15 is 0 Å². The summed E-state index contributed by atoms with van der Waals surface area (Å²) < 4.78 is 7.89. The molecule has 0 aliphatic carbocycles. The third kappa shape index (κ3) is 6.03. The van der Waals surface area contributed by atoms with Crippen molar-refractivity contribution in [3.63, 3.8) is 0 Å². The first-order chi connectivity index (χ1) is 20.2. The van der Waals surface area contributed by atoms with Gasteiger partial charge >= 0.3 is 5.97 Å². The number of amides is 2. The van der Waals surface area contributed by atoms with E-state index in [0.717, 1.165) is 22.1 Å². The smallest absolute Gasteiger partial charge is 0.352 e. The summed E-state index contributed by atoms with van der Waals surface area (Å²) in [7, 11) is -0.580. The summed E-state index contributed by atoms with van der Waals surface area (Å²) in [4.78, 5) is 53.7. The van der Waals surface area contributed by atoms with Gasteiger partial charge in [0.05, 0.1) is 13.6 Å². The van der Waals surface area contributed by atoms with E-state index < -0.39 is 37.3 Å². The quantitative estimate of drug-likeness (QED) is 0.118. The zero-order valence-electron chi connectivity index (χ0n) is 24.7. The number of carboxylic acids is 1. The topological polar surface area (TPSA) is 173 Å². The maximum Gasteiger partial charge on any atom is 0.352 e. The molecular weight excluding hydrogens is 611 g/mol. The number of nitrogen functional groups attached to an aromatic ring is 1. The van der Waals surface area contributed by atoms with Gasteiger partial charge in [-0.1, -0.05) is 24.8 Å². The number of hydrogen-bond acceptors (Lipinski definition) is 11. The molecule has 3 aliphatic heterocycles. The first-order valence-corrected chi connectivity index (χ1v) is 18.9. The Morgan fingerprint density at radius 1 is 1.37 bits per heavy atom. The average Bonchev–Trinajstić information content (AvgIpc) is 3.53. The van der Waals surface area contributed by atoms with Crippen molar-refractivity contribution in [2.75, 3.05) is 25.2 Å². The van der Waals surface area contributed by atoms with E-state index in [1.807, 2.05) is 36.9 Å². The molecule has 2 aromatic rings. The Morgan fingerprint density at radius 3 is 2.70 bits per heavy atom. The van der Waals surface area contributed by atoms with E-state index in [9.17, 15) is 19.5 Å². The number of nitrogens with zero attached hydrogens (tertiary/aromatic N) is 5. The number of aliphatic carboxylic acids is 1. The normalized spacial score (nSPS) is 21.5. The van der Waals surface area contributed by atoms with E-state index in [-0.39, 0.29) is 34.3 Å². The van der Waals surface area contributed by atoms with Crippen LogP contribution in [0.15, 0.2) is 45.3 Å². The summed E-state index contributed by atoms with van der Waals surface area (Å²) in [6, 6.07) is 1.04. The van der Waals surface area contributed by atoms with Crippen LogP contribution in [0.3, 0.4) is 0 Å². The number of anilines is 1. The molecule has 43 heavy (non-hydrogen) atoms. The first-order valence-electron chi connectivity index (χ1n) is 13.5. The van der Waals surface area contributed by atoms with Gasteiger partial charge < -0.3 is 25.7 Å². The number of aliphatic imine (C=N–C) groups is 1. The summed E-state index contributed by atoms with van der Waals surface area (Å²) in [6.45, 7) is 11.6. The fourth-order valence-electron chi connectivity index (χ4n) is 5.07. The lowest BCUT2D eigenvalue weighted by Crippen LogP contribution is -2.71. The molecule has 3 aliphatic rings. The Balaban J connectivity index is 1.38. The molecule has 13 nitrogen and oxygen atoms in total. The number of nitrogens with one attached hydrogen (secondary N) is 1. The lowest BCUT2D eigenvalue weighted by molar-refractivity contribution is -0.688. The van der Waals surface area contributed by atoms with Crippen LogP contribution in [0.5, 0.6) is 0 Å². The number of ether oxygens (including phenoxy) is 1. The highest BCUT2D eigenvalue weighted by molar-refractivity contribution is 8.00. The van der Waals surface area contributed by atoms with Crippen molar-refractivity contribution in [1.82, 2.24) is 15.2 Å². The minimum atomic E-state index is -1.87. The monoisotopic (exact) mass is 644 g/mol. The number of aromatic nitrogens is 2. The highest BCUT2D eigenvalue weighted by Gasteiger charge is 2.55. The summed E-state index contributed by atoms with van der Waals surface area (Å²) >= 11 is 2.53. The van der Waals surface area contributed by atoms with Crippen molar-refractivity contribution < 1.29 is 33.6 Å². The van der Waals surface area contributed by atoms with E-state index in [0.29, 0.717) is 23.8 Å². The SMILES string of the molecule is CO/N=C(\C(=O)N[C@H]1C(=O)N2C(C(=O)O)=C(C[n+]3ccc(C4=NC(C)(C)CO4)c([Si](C)(C)C)c3)CS[C@@H]12)c1csc(N)n1. The van der Waals surface area contributed by atoms with Crippen molar-refractivity contribution in [2.45, 2.75) is 57.0 Å². The van der Waals surface area contributed by atoms with Crippen molar-refractivity contribution in [3.05, 3.63) is 46.4 Å². The van der Waals surface area contributed by atoms with Crippen LogP contribution in [-0.4, -0.2) is 88.9 Å². The van der Waals surface area contributed by atoms with Crippen molar-refractivity contribution in [3.8, 4) is 0 Å². The van der Waals surface area contributed by atoms with Gasteiger partial charge in [-0.2, -0.15) is 0 Å². The Hall–Kier alpha value is -3.76. The van der Waals surface area contributed by atoms with Crippen molar-refractivity contribution in [2.24, 2.45) is 10.1 Å². The Morgan fingerprint density at radius 2 is 2.12 bits per heavy atom. The molecule has 4 N–H and O–H groups in total. The van der Waals surface area contributed by atoms with E-state index in [2.05, 4.69) is 35.1 Å². The maximum absolute atomic E-state index is 13.3. The van der Waals surface area contributed by atoms with Gasteiger partial charge in [-0.05, 0) is 13.8 Å². The number of fused-ring (bicyclic) bond motifs is 1. The minimum Gasteiger partial charge on any atom is -0.477 e. The number of rotatable bonds is 9. The molecule has 1 fully saturated rings. The molecule has 228 valence electrons. The molecule has 16 heteroatoms. The minimum absolute atomic E-state index is 0.0614. The number of thioether (sulfide) groups is 1. The van der Waals surface area contributed by atoms with Crippen LogP contribution in [0.4, 0.5) is 5.13 Å². The molecule has 0 bridgehead atoms. The zero-order chi connectivity index (χ0) is 31.3. The molecule has 0 aromatic carbocycles. The second kappa shape index (κ2) is 11.4. The molecular formula is C27H34N7O6S2Si+. The standard InChI is InChI=1S/C27H33N7O6S2Si/c1-27(2)13-40-22(31-27)15-7-8-33(10-17(15)43(4,5)6)9-14-11-41-24-19(23(36)34(24)20(14)25(37)38)30-21(35)18(32-39-3)16-12-42-26(28)29-16/h7-8,10,12,19,24H,9,11,13H2,1-6H3,(H3-,28,29,30,35,37,38)/p+1/b32-18-/t19-,24-/m0/s1. The largest absolute Gasteiger partial charge is 0.477 e. The fraction of sp³-hybridized carbons (Fsp3) is 0.444. The highest BCUT2D eigenvalue weighted by atomic mass is 32.2.